The maximum absolute atomic E-state index is 5.36. The van der Waals surface area contributed by atoms with Crippen molar-refractivity contribution in [1.29, 1.82) is 0 Å². The third-order valence-electron chi connectivity index (χ3n) is 4.32. The quantitative estimate of drug-likeness (QED) is 0.807. The molecule has 0 saturated carbocycles. The number of rotatable bonds is 3. The number of fused-ring (bicyclic) bond motifs is 3. The van der Waals surface area contributed by atoms with Crippen molar-refractivity contribution in [3.63, 3.8) is 0 Å². The van der Waals surface area contributed by atoms with Gasteiger partial charge in [-0.1, -0.05) is 5.16 Å². The van der Waals surface area contributed by atoms with Crippen LogP contribution in [-0.4, -0.2) is 28.7 Å². The first-order chi connectivity index (χ1) is 10.7. The Morgan fingerprint density at radius 1 is 1.36 bits per heavy atom. The predicted molar refractivity (Wildman–Crippen MR) is 83.9 cm³/mol. The fourth-order valence-corrected chi connectivity index (χ4v) is 3.22. The molecule has 1 N–H and O–H groups in total. The molecule has 1 aliphatic heterocycles. The molecule has 1 aliphatic rings. The molecule has 0 unspecified atom stereocenters. The largest absolute Gasteiger partial charge is 0.497 e. The molecular weight excluding hydrogens is 278 g/mol. The summed E-state index contributed by atoms with van der Waals surface area (Å²) in [5.74, 6) is 1.83. The third-order valence-corrected chi connectivity index (χ3v) is 4.32. The summed E-state index contributed by atoms with van der Waals surface area (Å²) in [6.07, 6.45) is 1.03. The van der Waals surface area contributed by atoms with E-state index in [1.807, 2.05) is 19.1 Å². The van der Waals surface area contributed by atoms with Gasteiger partial charge in [-0.15, -0.1) is 0 Å². The van der Waals surface area contributed by atoms with Gasteiger partial charge in [0.05, 0.1) is 19.3 Å². The zero-order valence-corrected chi connectivity index (χ0v) is 12.8. The van der Waals surface area contributed by atoms with Gasteiger partial charge in [0.1, 0.15) is 5.75 Å². The number of nitrogens with one attached hydrogen (secondary N) is 1. The molecule has 5 nitrogen and oxygen atoms in total. The van der Waals surface area contributed by atoms with Gasteiger partial charge in [0.15, 0.2) is 5.76 Å². The second kappa shape index (κ2) is 5.18. The van der Waals surface area contributed by atoms with Crippen LogP contribution in [0.15, 0.2) is 28.8 Å². The number of aromatic nitrogens is 2. The summed E-state index contributed by atoms with van der Waals surface area (Å²) in [7, 11) is 1.71. The molecule has 22 heavy (non-hydrogen) atoms. The summed E-state index contributed by atoms with van der Waals surface area (Å²) < 4.78 is 10.7. The van der Waals surface area contributed by atoms with Crippen LogP contribution >= 0.6 is 0 Å². The summed E-state index contributed by atoms with van der Waals surface area (Å²) in [6.45, 7) is 4.70. The Morgan fingerprint density at radius 3 is 3.05 bits per heavy atom. The van der Waals surface area contributed by atoms with Crippen LogP contribution in [0.25, 0.3) is 10.9 Å². The van der Waals surface area contributed by atoms with Gasteiger partial charge in [-0.25, -0.2) is 0 Å². The van der Waals surface area contributed by atoms with E-state index in [0.717, 1.165) is 43.3 Å². The molecule has 3 aromatic rings. The van der Waals surface area contributed by atoms with E-state index in [-0.39, 0.29) is 0 Å². The molecule has 3 heterocycles. The van der Waals surface area contributed by atoms with E-state index in [9.17, 15) is 0 Å². The first-order valence-electron chi connectivity index (χ1n) is 7.55. The summed E-state index contributed by atoms with van der Waals surface area (Å²) >= 11 is 0. The van der Waals surface area contributed by atoms with Gasteiger partial charge >= 0.3 is 0 Å². The molecule has 0 saturated heterocycles. The minimum absolute atomic E-state index is 0.803. The number of ether oxygens (including phenoxy) is 1. The van der Waals surface area contributed by atoms with Crippen molar-refractivity contribution in [2.24, 2.45) is 0 Å². The zero-order chi connectivity index (χ0) is 15.1. The lowest BCUT2D eigenvalue weighted by molar-refractivity contribution is 0.215. The number of benzene rings is 1. The maximum atomic E-state index is 5.36. The number of hydrogen-bond acceptors (Lipinski definition) is 4. The van der Waals surface area contributed by atoms with Crippen LogP contribution in [0.3, 0.4) is 0 Å². The normalized spacial score (nSPS) is 15.2. The Hall–Kier alpha value is -2.27. The van der Waals surface area contributed by atoms with Crippen molar-refractivity contribution in [2.75, 3.05) is 13.7 Å². The highest BCUT2D eigenvalue weighted by Gasteiger charge is 2.22. The SMILES string of the molecule is COc1ccc2[nH]c3c(c2c1)CN(Cc1cc(C)no1)CC3. The molecule has 2 aromatic heterocycles. The molecule has 0 spiro atoms. The molecule has 1 aromatic carbocycles. The standard InChI is InChI=1S/C17H19N3O2/c1-11-7-13(22-19-11)9-20-6-5-17-15(10-20)14-8-12(21-2)3-4-16(14)18-17/h3-4,7-8,18H,5-6,9-10H2,1-2H3. The van der Waals surface area contributed by atoms with Crippen molar-refractivity contribution < 1.29 is 9.26 Å². The van der Waals surface area contributed by atoms with Crippen LogP contribution in [0.1, 0.15) is 22.7 Å². The second-order valence-electron chi connectivity index (χ2n) is 5.89. The molecule has 114 valence electrons. The number of aryl methyl sites for hydroxylation is 1. The Balaban J connectivity index is 1.63. The molecule has 0 aliphatic carbocycles. The topological polar surface area (TPSA) is 54.3 Å². The van der Waals surface area contributed by atoms with E-state index < -0.39 is 0 Å². The maximum Gasteiger partial charge on any atom is 0.150 e. The van der Waals surface area contributed by atoms with Gasteiger partial charge in [0, 0.05) is 42.2 Å². The zero-order valence-electron chi connectivity index (χ0n) is 12.8. The van der Waals surface area contributed by atoms with E-state index in [4.69, 9.17) is 9.26 Å². The number of hydrogen-bond donors (Lipinski definition) is 1. The van der Waals surface area contributed by atoms with Gasteiger partial charge in [0.25, 0.3) is 0 Å². The number of methoxy groups -OCH3 is 1. The van der Waals surface area contributed by atoms with Crippen LogP contribution in [-0.2, 0) is 19.5 Å². The molecule has 0 bridgehead atoms. The van der Waals surface area contributed by atoms with E-state index in [1.54, 1.807) is 7.11 Å². The minimum atomic E-state index is 0.803. The van der Waals surface area contributed by atoms with Crippen LogP contribution in [0.4, 0.5) is 0 Å². The first kappa shape index (κ1) is 13.4. The predicted octanol–water partition coefficient (Wildman–Crippen LogP) is 3.03. The van der Waals surface area contributed by atoms with Gasteiger partial charge in [-0.2, -0.15) is 0 Å². The highest BCUT2D eigenvalue weighted by molar-refractivity contribution is 5.86. The van der Waals surface area contributed by atoms with Crippen LogP contribution < -0.4 is 4.74 Å². The van der Waals surface area contributed by atoms with Crippen molar-refractivity contribution in [3.8, 4) is 5.75 Å². The van der Waals surface area contributed by atoms with Crippen molar-refractivity contribution in [3.05, 3.63) is 47.0 Å². The average molecular weight is 297 g/mol. The minimum Gasteiger partial charge on any atom is -0.497 e. The van der Waals surface area contributed by atoms with E-state index in [2.05, 4.69) is 27.2 Å². The van der Waals surface area contributed by atoms with Crippen molar-refractivity contribution in [2.45, 2.75) is 26.4 Å². The van der Waals surface area contributed by atoms with Crippen LogP contribution in [0.5, 0.6) is 5.75 Å². The lowest BCUT2D eigenvalue weighted by Crippen LogP contribution is -2.29. The number of H-pyrrole nitrogens is 1. The highest BCUT2D eigenvalue weighted by atomic mass is 16.5. The fraction of sp³-hybridized carbons (Fsp3) is 0.353. The van der Waals surface area contributed by atoms with Gasteiger partial charge in [0.2, 0.25) is 0 Å². The molecule has 0 fully saturated rings. The smallest absolute Gasteiger partial charge is 0.150 e. The van der Waals surface area contributed by atoms with Crippen molar-refractivity contribution in [1.82, 2.24) is 15.0 Å². The van der Waals surface area contributed by atoms with Gasteiger partial charge < -0.3 is 14.2 Å². The summed E-state index contributed by atoms with van der Waals surface area (Å²) in [4.78, 5) is 5.94. The highest BCUT2D eigenvalue weighted by Crippen LogP contribution is 2.30. The Labute approximate surface area is 128 Å². The van der Waals surface area contributed by atoms with Crippen molar-refractivity contribution >= 4 is 10.9 Å². The van der Waals surface area contributed by atoms with Crippen LogP contribution in [0.2, 0.25) is 0 Å². The van der Waals surface area contributed by atoms with Crippen LogP contribution in [0, 0.1) is 6.92 Å². The summed E-state index contributed by atoms with van der Waals surface area (Å²) in [5, 5.41) is 5.22. The fourth-order valence-electron chi connectivity index (χ4n) is 3.22. The molecule has 0 radical (unpaired) electrons. The van der Waals surface area contributed by atoms with E-state index in [1.165, 1.54) is 22.2 Å². The Morgan fingerprint density at radius 2 is 2.27 bits per heavy atom. The molecular formula is C17H19N3O2. The number of nitrogens with zero attached hydrogens (tertiary/aromatic N) is 2. The molecule has 0 atom stereocenters. The first-order valence-corrected chi connectivity index (χ1v) is 7.55. The van der Waals surface area contributed by atoms with Gasteiger partial charge in [-0.3, -0.25) is 4.90 Å². The molecule has 4 rings (SSSR count). The molecule has 0 amide bonds. The monoisotopic (exact) mass is 297 g/mol. The van der Waals surface area contributed by atoms with E-state index >= 15 is 0 Å². The average Bonchev–Trinajstić information content (AvgIpc) is 3.10. The summed E-state index contributed by atoms with van der Waals surface area (Å²) in [5.41, 5.74) is 4.83. The molecule has 5 heteroatoms. The van der Waals surface area contributed by atoms with Gasteiger partial charge in [-0.05, 0) is 30.7 Å². The Kier molecular flexibility index (Phi) is 3.15. The second-order valence-corrected chi connectivity index (χ2v) is 5.89. The third kappa shape index (κ3) is 2.27. The lowest BCUT2D eigenvalue weighted by atomic mass is 10.0. The van der Waals surface area contributed by atoms with E-state index in [0.29, 0.717) is 0 Å². The number of aromatic amines is 1. The summed E-state index contributed by atoms with van der Waals surface area (Å²) in [6, 6.07) is 8.22. The Bertz CT molecular complexity index is 819. The lowest BCUT2D eigenvalue weighted by Gasteiger charge is -2.25.